The van der Waals surface area contributed by atoms with Crippen molar-refractivity contribution in [2.24, 2.45) is 0 Å². The first kappa shape index (κ1) is 26.4. The van der Waals surface area contributed by atoms with Gasteiger partial charge < -0.3 is 28.8 Å². The average Bonchev–Trinajstić information content (AvgIpc) is 2.97. The lowest BCUT2D eigenvalue weighted by molar-refractivity contribution is 0.102. The molecule has 0 aliphatic carbocycles. The smallest absolute Gasteiger partial charge is 0.275 e. The number of carbonyl (C=O) groups excluding carboxylic acids is 1. The molecule has 0 atom stereocenters. The van der Waals surface area contributed by atoms with Gasteiger partial charge in [0.1, 0.15) is 5.69 Å². The number of hydrogen-bond acceptors (Lipinski definition) is 6. The van der Waals surface area contributed by atoms with Crippen LogP contribution in [0.15, 0.2) is 69.9 Å². The molecular formula is C30H27BrN2O6. The van der Waals surface area contributed by atoms with Gasteiger partial charge in [-0.05, 0) is 54.4 Å². The number of amides is 1. The van der Waals surface area contributed by atoms with Crippen LogP contribution in [0.5, 0.6) is 23.0 Å². The molecule has 4 aromatic rings. The fraction of sp³-hybridized carbons (Fsp3) is 0.200. The maximum absolute atomic E-state index is 14.1. The summed E-state index contributed by atoms with van der Waals surface area (Å²) in [6.07, 6.45) is 0.619. The summed E-state index contributed by atoms with van der Waals surface area (Å²) in [5.74, 6) is 1.82. The van der Waals surface area contributed by atoms with Crippen molar-refractivity contribution < 1.29 is 23.7 Å². The Morgan fingerprint density at radius 2 is 1.38 bits per heavy atom. The number of aryl methyl sites for hydroxylation is 1. The highest BCUT2D eigenvalue weighted by Crippen LogP contribution is 2.44. The van der Waals surface area contributed by atoms with E-state index in [2.05, 4.69) is 21.2 Å². The van der Waals surface area contributed by atoms with Crippen molar-refractivity contribution >= 4 is 27.5 Å². The Morgan fingerprint density at radius 3 is 2.03 bits per heavy atom. The van der Waals surface area contributed by atoms with Crippen molar-refractivity contribution in [1.82, 2.24) is 4.57 Å². The molecule has 0 spiro atoms. The molecule has 0 unspecified atom stereocenters. The molecule has 1 aromatic heterocycles. The van der Waals surface area contributed by atoms with E-state index in [0.717, 1.165) is 11.1 Å². The van der Waals surface area contributed by atoms with Crippen molar-refractivity contribution in [3.05, 3.63) is 86.6 Å². The fourth-order valence-corrected chi connectivity index (χ4v) is 5.40. The van der Waals surface area contributed by atoms with Crippen LogP contribution in [-0.4, -0.2) is 38.9 Å². The van der Waals surface area contributed by atoms with Crippen LogP contribution in [0.3, 0.4) is 0 Å². The van der Waals surface area contributed by atoms with Gasteiger partial charge in [0.05, 0.1) is 34.1 Å². The Kier molecular flexibility index (Phi) is 7.34. The maximum atomic E-state index is 14.1. The number of hydrogen-bond donors (Lipinski definition) is 1. The molecule has 200 valence electrons. The number of aromatic nitrogens is 1. The third-order valence-electron chi connectivity index (χ3n) is 6.83. The number of carbonyl (C=O) groups is 1. The fourth-order valence-electron chi connectivity index (χ4n) is 4.86. The number of methoxy groups -OCH3 is 4. The topological polar surface area (TPSA) is 88.0 Å². The van der Waals surface area contributed by atoms with E-state index in [9.17, 15) is 9.59 Å². The Hall–Kier alpha value is -4.24. The Labute approximate surface area is 234 Å². The highest BCUT2D eigenvalue weighted by atomic mass is 79.9. The van der Waals surface area contributed by atoms with Crippen molar-refractivity contribution in [1.29, 1.82) is 0 Å². The van der Waals surface area contributed by atoms with Crippen molar-refractivity contribution in [3.63, 3.8) is 0 Å². The molecule has 0 radical (unpaired) electrons. The summed E-state index contributed by atoms with van der Waals surface area (Å²) in [5.41, 5.74) is 4.09. The van der Waals surface area contributed by atoms with Crippen molar-refractivity contribution in [3.8, 4) is 45.4 Å². The SMILES string of the molecule is COc1cc(Br)c(-c2cc3n(c(=O)c2NC(=O)c2ccccc2)CCc2cc(OC)c(OC)cc2-3)cc1OC. The Bertz CT molecular complexity index is 1630. The second-order valence-corrected chi connectivity index (χ2v) is 9.75. The van der Waals surface area contributed by atoms with Gasteiger partial charge in [-0.25, -0.2) is 0 Å². The molecule has 0 saturated carbocycles. The molecule has 0 fully saturated rings. The minimum Gasteiger partial charge on any atom is -0.493 e. The summed E-state index contributed by atoms with van der Waals surface area (Å²) in [7, 11) is 6.28. The van der Waals surface area contributed by atoms with Crippen LogP contribution in [0.1, 0.15) is 15.9 Å². The van der Waals surface area contributed by atoms with Gasteiger partial charge in [0.15, 0.2) is 23.0 Å². The molecule has 1 aliphatic rings. The van der Waals surface area contributed by atoms with Gasteiger partial charge in [-0.1, -0.05) is 34.1 Å². The summed E-state index contributed by atoms with van der Waals surface area (Å²) < 4.78 is 24.4. The van der Waals surface area contributed by atoms with E-state index in [1.165, 1.54) is 0 Å². The number of ether oxygens (including phenoxy) is 4. The first-order valence-electron chi connectivity index (χ1n) is 12.2. The summed E-state index contributed by atoms with van der Waals surface area (Å²) in [4.78, 5) is 27.3. The van der Waals surface area contributed by atoms with Crippen LogP contribution < -0.4 is 29.8 Å². The predicted molar refractivity (Wildman–Crippen MR) is 154 cm³/mol. The quantitative estimate of drug-likeness (QED) is 0.293. The van der Waals surface area contributed by atoms with Crippen LogP contribution in [0.2, 0.25) is 0 Å². The average molecular weight is 591 g/mol. The summed E-state index contributed by atoms with van der Waals surface area (Å²) in [5, 5.41) is 2.89. The third kappa shape index (κ3) is 4.74. The first-order chi connectivity index (χ1) is 18.9. The van der Waals surface area contributed by atoms with E-state index in [1.54, 1.807) is 69.4 Å². The second-order valence-electron chi connectivity index (χ2n) is 8.90. The first-order valence-corrected chi connectivity index (χ1v) is 13.0. The molecule has 1 N–H and O–H groups in total. The number of rotatable bonds is 7. The number of anilines is 1. The van der Waals surface area contributed by atoms with E-state index in [1.807, 2.05) is 24.3 Å². The molecule has 5 rings (SSSR count). The lowest BCUT2D eigenvalue weighted by atomic mass is 9.93. The number of fused-ring (bicyclic) bond motifs is 3. The number of halogens is 1. The third-order valence-corrected chi connectivity index (χ3v) is 7.48. The van der Waals surface area contributed by atoms with Crippen molar-refractivity contribution in [2.75, 3.05) is 33.8 Å². The molecule has 1 amide bonds. The lowest BCUT2D eigenvalue weighted by Crippen LogP contribution is -2.30. The molecule has 8 nitrogen and oxygen atoms in total. The Morgan fingerprint density at radius 1 is 0.795 bits per heavy atom. The molecule has 3 aromatic carbocycles. The standard InChI is InChI=1S/C30H27BrN2O6/c1-36-24-12-18-10-11-33-23(19(18)14-25(24)37-2)13-21(20-15-26(38-3)27(39-4)16-22(20)31)28(30(33)35)32-29(34)17-8-6-5-7-9-17/h5-9,12-16H,10-11H2,1-4H3,(H,32,34). The zero-order valence-corrected chi connectivity index (χ0v) is 23.5. The van der Waals surface area contributed by atoms with Crippen LogP contribution in [0.25, 0.3) is 22.4 Å². The van der Waals surface area contributed by atoms with Gasteiger partial charge in [0, 0.05) is 33.3 Å². The zero-order chi connectivity index (χ0) is 27.7. The van der Waals surface area contributed by atoms with Crippen LogP contribution in [0.4, 0.5) is 5.69 Å². The van der Waals surface area contributed by atoms with E-state index >= 15 is 0 Å². The van der Waals surface area contributed by atoms with E-state index in [0.29, 0.717) is 62.8 Å². The normalized spacial score (nSPS) is 11.7. The monoisotopic (exact) mass is 590 g/mol. The van der Waals surface area contributed by atoms with E-state index in [-0.39, 0.29) is 17.2 Å². The summed E-state index contributed by atoms with van der Waals surface area (Å²) in [6.45, 7) is 0.443. The van der Waals surface area contributed by atoms with Crippen molar-refractivity contribution in [2.45, 2.75) is 13.0 Å². The zero-order valence-electron chi connectivity index (χ0n) is 22.0. The highest BCUT2D eigenvalue weighted by molar-refractivity contribution is 9.10. The molecular weight excluding hydrogens is 564 g/mol. The molecule has 0 saturated heterocycles. The number of benzene rings is 3. The molecule has 9 heteroatoms. The number of pyridine rings is 1. The highest BCUT2D eigenvalue weighted by Gasteiger charge is 2.26. The van der Waals surface area contributed by atoms with Gasteiger partial charge in [-0.3, -0.25) is 9.59 Å². The predicted octanol–water partition coefficient (Wildman–Crippen LogP) is 5.79. The maximum Gasteiger partial charge on any atom is 0.275 e. The van der Waals surface area contributed by atoms with Gasteiger partial charge >= 0.3 is 0 Å². The molecule has 0 bridgehead atoms. The molecule has 1 aliphatic heterocycles. The lowest BCUT2D eigenvalue weighted by Gasteiger charge is -2.26. The molecule has 39 heavy (non-hydrogen) atoms. The van der Waals surface area contributed by atoms with Gasteiger partial charge in [-0.15, -0.1) is 0 Å². The summed E-state index contributed by atoms with van der Waals surface area (Å²) >= 11 is 3.63. The van der Waals surface area contributed by atoms with Gasteiger partial charge in [-0.2, -0.15) is 0 Å². The number of nitrogens with zero attached hydrogens (tertiary/aromatic N) is 1. The van der Waals surface area contributed by atoms with Crippen LogP contribution >= 0.6 is 15.9 Å². The number of nitrogens with one attached hydrogen (secondary N) is 1. The summed E-state index contributed by atoms with van der Waals surface area (Å²) in [6, 6.07) is 18.1. The molecule has 2 heterocycles. The minimum absolute atomic E-state index is 0.171. The Balaban J connectivity index is 1.77. The minimum atomic E-state index is -0.381. The van der Waals surface area contributed by atoms with Crippen LogP contribution in [-0.2, 0) is 13.0 Å². The second kappa shape index (κ2) is 10.9. The van der Waals surface area contributed by atoms with E-state index < -0.39 is 0 Å². The van der Waals surface area contributed by atoms with E-state index in [4.69, 9.17) is 18.9 Å². The largest absolute Gasteiger partial charge is 0.493 e. The van der Waals surface area contributed by atoms with Gasteiger partial charge in [0.25, 0.3) is 11.5 Å². The van der Waals surface area contributed by atoms with Gasteiger partial charge in [0.2, 0.25) is 0 Å². The van der Waals surface area contributed by atoms with Crippen LogP contribution in [0, 0.1) is 0 Å².